The molecule has 0 spiro atoms. The van der Waals surface area contributed by atoms with E-state index in [2.05, 4.69) is 32.1 Å². The Kier molecular flexibility index (Phi) is 3.10. The standard InChI is InChI=1S/C14H22/c1-3-4-7-12-10-11(2)13-8-5-6-9-14(12)13/h5-6,9,11-13H,3-4,7-8,10H2,1-2H3. The van der Waals surface area contributed by atoms with Crippen LogP contribution in [0.15, 0.2) is 23.8 Å². The lowest BCUT2D eigenvalue weighted by atomic mass is 9.86. The molecule has 0 heteroatoms. The van der Waals surface area contributed by atoms with Crippen molar-refractivity contribution in [2.45, 2.75) is 46.0 Å². The molecule has 2 aliphatic carbocycles. The van der Waals surface area contributed by atoms with Crippen molar-refractivity contribution in [3.05, 3.63) is 23.8 Å². The van der Waals surface area contributed by atoms with Crippen LogP contribution >= 0.6 is 0 Å². The lowest BCUT2D eigenvalue weighted by molar-refractivity contribution is 0.442. The van der Waals surface area contributed by atoms with Gasteiger partial charge in [-0.15, -0.1) is 0 Å². The second-order valence-corrected chi connectivity index (χ2v) is 4.99. The van der Waals surface area contributed by atoms with Crippen molar-refractivity contribution in [1.82, 2.24) is 0 Å². The molecule has 0 nitrogen and oxygen atoms in total. The minimum absolute atomic E-state index is 0.891. The number of unbranched alkanes of at least 4 members (excludes halogenated alkanes) is 1. The van der Waals surface area contributed by atoms with Crippen LogP contribution < -0.4 is 0 Å². The predicted molar refractivity (Wildman–Crippen MR) is 62.1 cm³/mol. The summed E-state index contributed by atoms with van der Waals surface area (Å²) in [6, 6.07) is 0. The maximum Gasteiger partial charge on any atom is -0.0137 e. The van der Waals surface area contributed by atoms with E-state index in [1.54, 1.807) is 5.57 Å². The first-order valence-electron chi connectivity index (χ1n) is 6.19. The summed E-state index contributed by atoms with van der Waals surface area (Å²) in [5, 5.41) is 0. The highest BCUT2D eigenvalue weighted by Gasteiger charge is 2.35. The molecule has 0 saturated heterocycles. The summed E-state index contributed by atoms with van der Waals surface area (Å²) in [5.74, 6) is 2.73. The lowest BCUT2D eigenvalue weighted by Crippen LogP contribution is -2.07. The summed E-state index contributed by atoms with van der Waals surface area (Å²) in [5.41, 5.74) is 1.77. The fraction of sp³-hybridized carbons (Fsp3) is 0.714. The molecule has 78 valence electrons. The molecule has 0 amide bonds. The Morgan fingerprint density at radius 3 is 3.07 bits per heavy atom. The summed E-state index contributed by atoms with van der Waals surface area (Å²) < 4.78 is 0. The Bertz CT molecular complexity index is 247. The van der Waals surface area contributed by atoms with Crippen molar-refractivity contribution in [3.63, 3.8) is 0 Å². The Morgan fingerprint density at radius 2 is 2.29 bits per heavy atom. The summed E-state index contributed by atoms with van der Waals surface area (Å²) in [7, 11) is 0. The van der Waals surface area contributed by atoms with Gasteiger partial charge in [0.05, 0.1) is 0 Å². The molecule has 1 saturated carbocycles. The molecule has 0 aromatic heterocycles. The zero-order valence-electron chi connectivity index (χ0n) is 9.50. The van der Waals surface area contributed by atoms with Gasteiger partial charge in [-0.05, 0) is 37.0 Å². The Labute approximate surface area is 88.1 Å². The van der Waals surface area contributed by atoms with E-state index in [4.69, 9.17) is 0 Å². The van der Waals surface area contributed by atoms with Gasteiger partial charge in [0.15, 0.2) is 0 Å². The second-order valence-electron chi connectivity index (χ2n) is 4.99. The molecular formula is C14H22. The van der Waals surface area contributed by atoms with E-state index >= 15 is 0 Å². The van der Waals surface area contributed by atoms with Gasteiger partial charge in [-0.3, -0.25) is 0 Å². The molecule has 0 bridgehead atoms. The molecular weight excluding hydrogens is 168 g/mol. The second kappa shape index (κ2) is 4.33. The maximum atomic E-state index is 2.43. The lowest BCUT2D eigenvalue weighted by Gasteiger charge is -2.19. The van der Waals surface area contributed by atoms with E-state index in [1.807, 2.05) is 0 Å². The van der Waals surface area contributed by atoms with Gasteiger partial charge < -0.3 is 0 Å². The molecule has 0 aliphatic heterocycles. The monoisotopic (exact) mass is 190 g/mol. The third kappa shape index (κ3) is 1.80. The molecule has 0 aromatic carbocycles. The molecule has 0 radical (unpaired) electrons. The van der Waals surface area contributed by atoms with Gasteiger partial charge in [0.25, 0.3) is 0 Å². The topological polar surface area (TPSA) is 0 Å². The van der Waals surface area contributed by atoms with Crippen molar-refractivity contribution in [2.24, 2.45) is 17.8 Å². The van der Waals surface area contributed by atoms with Gasteiger partial charge in [0.1, 0.15) is 0 Å². The fourth-order valence-electron chi connectivity index (χ4n) is 3.15. The first-order chi connectivity index (χ1) is 6.83. The maximum absolute atomic E-state index is 2.43. The van der Waals surface area contributed by atoms with Crippen molar-refractivity contribution >= 4 is 0 Å². The van der Waals surface area contributed by atoms with Gasteiger partial charge in [-0.25, -0.2) is 0 Å². The van der Waals surface area contributed by atoms with Crippen LogP contribution in [0.25, 0.3) is 0 Å². The Hall–Kier alpha value is -0.520. The zero-order chi connectivity index (χ0) is 9.97. The van der Waals surface area contributed by atoms with Crippen molar-refractivity contribution in [3.8, 4) is 0 Å². The third-order valence-corrected chi connectivity index (χ3v) is 3.96. The van der Waals surface area contributed by atoms with Crippen LogP contribution in [0.5, 0.6) is 0 Å². The predicted octanol–water partition coefficient (Wildman–Crippen LogP) is 4.34. The Balaban J connectivity index is 2.04. The smallest absolute Gasteiger partial charge is 0.0137 e. The third-order valence-electron chi connectivity index (χ3n) is 3.96. The van der Waals surface area contributed by atoms with Gasteiger partial charge in [0.2, 0.25) is 0 Å². The van der Waals surface area contributed by atoms with E-state index in [9.17, 15) is 0 Å². The number of allylic oxidation sites excluding steroid dienone is 4. The number of hydrogen-bond donors (Lipinski definition) is 0. The Morgan fingerprint density at radius 1 is 1.43 bits per heavy atom. The number of hydrogen-bond acceptors (Lipinski definition) is 0. The van der Waals surface area contributed by atoms with Crippen LogP contribution in [0.2, 0.25) is 0 Å². The zero-order valence-corrected chi connectivity index (χ0v) is 9.50. The van der Waals surface area contributed by atoms with E-state index in [0.29, 0.717) is 0 Å². The highest BCUT2D eigenvalue weighted by Crippen LogP contribution is 2.46. The average Bonchev–Trinajstić information content (AvgIpc) is 2.54. The molecule has 0 aromatic rings. The van der Waals surface area contributed by atoms with E-state index in [0.717, 1.165) is 17.8 Å². The van der Waals surface area contributed by atoms with Crippen LogP contribution in [0.1, 0.15) is 46.0 Å². The van der Waals surface area contributed by atoms with Crippen molar-refractivity contribution < 1.29 is 0 Å². The highest BCUT2D eigenvalue weighted by atomic mass is 14.4. The van der Waals surface area contributed by atoms with Crippen LogP contribution in [-0.2, 0) is 0 Å². The minimum atomic E-state index is 0.891. The van der Waals surface area contributed by atoms with Gasteiger partial charge in [-0.1, -0.05) is 50.5 Å². The van der Waals surface area contributed by atoms with Gasteiger partial charge in [-0.2, -0.15) is 0 Å². The van der Waals surface area contributed by atoms with Crippen LogP contribution in [0.3, 0.4) is 0 Å². The summed E-state index contributed by atoms with van der Waals surface area (Å²) >= 11 is 0. The molecule has 2 rings (SSSR count). The van der Waals surface area contributed by atoms with E-state index in [1.165, 1.54) is 32.1 Å². The van der Waals surface area contributed by atoms with E-state index in [-0.39, 0.29) is 0 Å². The normalized spacial score (nSPS) is 35.6. The van der Waals surface area contributed by atoms with Crippen molar-refractivity contribution in [1.29, 1.82) is 0 Å². The summed E-state index contributed by atoms with van der Waals surface area (Å²) in [6.07, 6.45) is 13.9. The minimum Gasteiger partial charge on any atom is -0.0839 e. The highest BCUT2D eigenvalue weighted by molar-refractivity contribution is 5.27. The van der Waals surface area contributed by atoms with Crippen molar-refractivity contribution in [2.75, 3.05) is 0 Å². The molecule has 14 heavy (non-hydrogen) atoms. The average molecular weight is 190 g/mol. The largest absolute Gasteiger partial charge is 0.0839 e. The summed E-state index contributed by atoms with van der Waals surface area (Å²) in [6.45, 7) is 4.73. The SMILES string of the molecule is CCCCC1CC(C)C2CC=CC=C12. The summed E-state index contributed by atoms with van der Waals surface area (Å²) in [4.78, 5) is 0. The quantitative estimate of drug-likeness (QED) is 0.621. The number of rotatable bonds is 3. The molecule has 0 N–H and O–H groups in total. The molecule has 3 atom stereocenters. The van der Waals surface area contributed by atoms with Crippen LogP contribution in [0, 0.1) is 17.8 Å². The molecule has 3 unspecified atom stereocenters. The first-order valence-corrected chi connectivity index (χ1v) is 6.19. The fourth-order valence-corrected chi connectivity index (χ4v) is 3.15. The van der Waals surface area contributed by atoms with Crippen LogP contribution in [-0.4, -0.2) is 0 Å². The molecule has 2 aliphatic rings. The van der Waals surface area contributed by atoms with Gasteiger partial charge >= 0.3 is 0 Å². The van der Waals surface area contributed by atoms with Gasteiger partial charge in [0, 0.05) is 0 Å². The van der Waals surface area contributed by atoms with Crippen LogP contribution in [0.4, 0.5) is 0 Å². The van der Waals surface area contributed by atoms with E-state index < -0.39 is 0 Å². The first kappa shape index (κ1) is 10.0. The molecule has 0 heterocycles. The number of fused-ring (bicyclic) bond motifs is 1. The molecule has 1 fully saturated rings.